The van der Waals surface area contributed by atoms with E-state index in [-0.39, 0.29) is 11.4 Å². The number of carbonyl (C=O) groups is 1. The Bertz CT molecular complexity index is 393. The van der Waals surface area contributed by atoms with Crippen molar-refractivity contribution in [1.29, 1.82) is 0 Å². The van der Waals surface area contributed by atoms with Crippen LogP contribution >= 0.6 is 0 Å². The summed E-state index contributed by atoms with van der Waals surface area (Å²) in [6.07, 6.45) is 5.09. The van der Waals surface area contributed by atoms with E-state index in [1.54, 1.807) is 12.1 Å². The van der Waals surface area contributed by atoms with Gasteiger partial charge in [-0.25, -0.2) is 0 Å². The molecule has 0 fully saturated rings. The predicted octanol–water partition coefficient (Wildman–Crippen LogP) is 3.69. The highest BCUT2D eigenvalue weighted by molar-refractivity contribution is 5.75. The number of unbranched alkanes of at least 4 members (excludes halogenated alkanes) is 2. The standard InChI is InChI=1S/C16H24O3/c1-16(2,15(18)19-3)12-6-4-5-7-13-8-10-14(17)11-9-13/h8-11,17H,4-7,12H2,1-3H3. The van der Waals surface area contributed by atoms with E-state index >= 15 is 0 Å². The highest BCUT2D eigenvalue weighted by Gasteiger charge is 2.27. The van der Waals surface area contributed by atoms with Crippen LogP contribution in [0.2, 0.25) is 0 Å². The molecule has 1 N–H and O–H groups in total. The summed E-state index contributed by atoms with van der Waals surface area (Å²) in [5.74, 6) is 0.176. The second kappa shape index (κ2) is 7.17. The lowest BCUT2D eigenvalue weighted by Crippen LogP contribution is -2.25. The molecular weight excluding hydrogens is 240 g/mol. The summed E-state index contributed by atoms with van der Waals surface area (Å²) in [5.41, 5.74) is 0.859. The SMILES string of the molecule is COC(=O)C(C)(C)CCCCCc1ccc(O)cc1. The predicted molar refractivity (Wildman–Crippen MR) is 76.1 cm³/mol. The summed E-state index contributed by atoms with van der Waals surface area (Å²) in [6.45, 7) is 3.86. The second-order valence-electron chi connectivity index (χ2n) is 5.60. The molecule has 1 rings (SSSR count). The molecule has 0 aliphatic rings. The van der Waals surface area contributed by atoms with E-state index in [1.165, 1.54) is 12.7 Å². The Morgan fingerprint density at radius 1 is 1.16 bits per heavy atom. The summed E-state index contributed by atoms with van der Waals surface area (Å²) in [6, 6.07) is 7.34. The Morgan fingerprint density at radius 3 is 2.37 bits per heavy atom. The van der Waals surface area contributed by atoms with E-state index in [0.29, 0.717) is 5.75 Å². The number of esters is 1. The topological polar surface area (TPSA) is 46.5 Å². The van der Waals surface area contributed by atoms with Crippen molar-refractivity contribution in [2.45, 2.75) is 46.0 Å². The van der Waals surface area contributed by atoms with Gasteiger partial charge < -0.3 is 9.84 Å². The Hall–Kier alpha value is -1.51. The molecule has 0 saturated carbocycles. The van der Waals surface area contributed by atoms with Crippen LogP contribution in [0, 0.1) is 5.41 Å². The first-order chi connectivity index (χ1) is 8.95. The number of aromatic hydroxyl groups is 1. The average molecular weight is 264 g/mol. The molecule has 0 spiro atoms. The Morgan fingerprint density at radius 2 is 1.79 bits per heavy atom. The van der Waals surface area contributed by atoms with Gasteiger partial charge in [-0.2, -0.15) is 0 Å². The quantitative estimate of drug-likeness (QED) is 0.603. The maximum absolute atomic E-state index is 11.5. The van der Waals surface area contributed by atoms with Crippen molar-refractivity contribution in [1.82, 2.24) is 0 Å². The van der Waals surface area contributed by atoms with Crippen LogP contribution in [0.15, 0.2) is 24.3 Å². The number of ether oxygens (including phenoxy) is 1. The van der Waals surface area contributed by atoms with Gasteiger partial charge in [-0.05, 0) is 50.8 Å². The molecule has 0 radical (unpaired) electrons. The van der Waals surface area contributed by atoms with Crippen LogP contribution in [0.4, 0.5) is 0 Å². The molecule has 0 heterocycles. The minimum absolute atomic E-state index is 0.133. The number of phenols is 1. The number of aryl methyl sites for hydroxylation is 1. The van der Waals surface area contributed by atoms with Crippen molar-refractivity contribution in [3.05, 3.63) is 29.8 Å². The van der Waals surface area contributed by atoms with E-state index < -0.39 is 0 Å². The molecule has 3 nitrogen and oxygen atoms in total. The summed E-state index contributed by atoms with van der Waals surface area (Å²) in [7, 11) is 1.44. The zero-order valence-electron chi connectivity index (χ0n) is 12.1. The molecule has 0 bridgehead atoms. The minimum Gasteiger partial charge on any atom is -0.508 e. The maximum Gasteiger partial charge on any atom is 0.311 e. The third-order valence-corrected chi connectivity index (χ3v) is 3.44. The van der Waals surface area contributed by atoms with Gasteiger partial charge in [-0.3, -0.25) is 4.79 Å². The molecule has 1 aromatic carbocycles. The molecule has 19 heavy (non-hydrogen) atoms. The van der Waals surface area contributed by atoms with Gasteiger partial charge in [0.1, 0.15) is 5.75 Å². The number of benzene rings is 1. The van der Waals surface area contributed by atoms with E-state index in [0.717, 1.165) is 32.1 Å². The van der Waals surface area contributed by atoms with Gasteiger partial charge in [0.15, 0.2) is 0 Å². The van der Waals surface area contributed by atoms with Crippen LogP contribution in [0.3, 0.4) is 0 Å². The second-order valence-corrected chi connectivity index (χ2v) is 5.60. The number of rotatable bonds is 7. The first kappa shape index (κ1) is 15.5. The fourth-order valence-electron chi connectivity index (χ4n) is 2.11. The molecule has 0 amide bonds. The Kier molecular flexibility index (Phi) is 5.87. The van der Waals surface area contributed by atoms with E-state index in [9.17, 15) is 9.90 Å². The van der Waals surface area contributed by atoms with Gasteiger partial charge in [-0.15, -0.1) is 0 Å². The molecule has 0 saturated heterocycles. The zero-order chi connectivity index (χ0) is 14.3. The summed E-state index contributed by atoms with van der Waals surface area (Å²) < 4.78 is 4.79. The summed E-state index contributed by atoms with van der Waals surface area (Å²) in [4.78, 5) is 11.5. The smallest absolute Gasteiger partial charge is 0.311 e. The lowest BCUT2D eigenvalue weighted by Gasteiger charge is -2.20. The van der Waals surface area contributed by atoms with Gasteiger partial charge in [0.2, 0.25) is 0 Å². The third-order valence-electron chi connectivity index (χ3n) is 3.44. The number of methoxy groups -OCH3 is 1. The van der Waals surface area contributed by atoms with Crippen molar-refractivity contribution < 1.29 is 14.6 Å². The van der Waals surface area contributed by atoms with Crippen LogP contribution in [-0.4, -0.2) is 18.2 Å². The molecule has 0 aliphatic carbocycles. The highest BCUT2D eigenvalue weighted by Crippen LogP contribution is 2.25. The maximum atomic E-state index is 11.5. The minimum atomic E-state index is -0.382. The van der Waals surface area contributed by atoms with Crippen LogP contribution in [0.1, 0.15) is 45.1 Å². The van der Waals surface area contributed by atoms with E-state index in [4.69, 9.17) is 4.74 Å². The summed E-state index contributed by atoms with van der Waals surface area (Å²) in [5, 5.41) is 9.19. The van der Waals surface area contributed by atoms with Crippen LogP contribution in [0.5, 0.6) is 5.75 Å². The third kappa shape index (κ3) is 5.33. The fourth-order valence-corrected chi connectivity index (χ4v) is 2.11. The van der Waals surface area contributed by atoms with Gasteiger partial charge >= 0.3 is 5.97 Å². The van der Waals surface area contributed by atoms with Crippen molar-refractivity contribution >= 4 is 5.97 Å². The highest BCUT2D eigenvalue weighted by atomic mass is 16.5. The summed E-state index contributed by atoms with van der Waals surface area (Å²) >= 11 is 0. The van der Waals surface area contributed by atoms with E-state index in [2.05, 4.69) is 0 Å². The lowest BCUT2D eigenvalue weighted by atomic mass is 9.87. The molecule has 0 unspecified atom stereocenters. The van der Waals surface area contributed by atoms with Gasteiger partial charge in [-0.1, -0.05) is 25.0 Å². The first-order valence-corrected chi connectivity index (χ1v) is 6.82. The van der Waals surface area contributed by atoms with Gasteiger partial charge in [0, 0.05) is 0 Å². The number of hydrogen-bond donors (Lipinski definition) is 1. The first-order valence-electron chi connectivity index (χ1n) is 6.82. The van der Waals surface area contributed by atoms with E-state index in [1.807, 2.05) is 26.0 Å². The molecule has 106 valence electrons. The normalized spacial score (nSPS) is 11.3. The molecule has 1 aromatic rings. The number of phenolic OH excluding ortho intramolecular Hbond substituents is 1. The monoisotopic (exact) mass is 264 g/mol. The lowest BCUT2D eigenvalue weighted by molar-refractivity contribution is -0.151. The largest absolute Gasteiger partial charge is 0.508 e. The Balaban J connectivity index is 2.21. The van der Waals surface area contributed by atoms with Gasteiger partial charge in [0.05, 0.1) is 12.5 Å². The van der Waals surface area contributed by atoms with Crippen molar-refractivity contribution in [2.75, 3.05) is 7.11 Å². The Labute approximate surface area is 115 Å². The fraction of sp³-hybridized carbons (Fsp3) is 0.562. The number of hydrogen-bond acceptors (Lipinski definition) is 3. The van der Waals surface area contributed by atoms with Crippen LogP contribution < -0.4 is 0 Å². The van der Waals surface area contributed by atoms with Crippen molar-refractivity contribution in [3.8, 4) is 5.75 Å². The van der Waals surface area contributed by atoms with Crippen LogP contribution in [0.25, 0.3) is 0 Å². The zero-order valence-corrected chi connectivity index (χ0v) is 12.1. The van der Waals surface area contributed by atoms with Gasteiger partial charge in [0.25, 0.3) is 0 Å². The van der Waals surface area contributed by atoms with Crippen molar-refractivity contribution in [2.24, 2.45) is 5.41 Å². The molecule has 0 aliphatic heterocycles. The van der Waals surface area contributed by atoms with Crippen molar-refractivity contribution in [3.63, 3.8) is 0 Å². The average Bonchev–Trinajstić information content (AvgIpc) is 2.39. The molecule has 0 atom stereocenters. The number of carbonyl (C=O) groups excluding carboxylic acids is 1. The van der Waals surface area contributed by atoms with Crippen LogP contribution in [-0.2, 0) is 16.0 Å². The molecule has 0 aromatic heterocycles. The molecule has 3 heteroatoms. The molecular formula is C16H24O3.